The summed E-state index contributed by atoms with van der Waals surface area (Å²) >= 11 is 0. The highest BCUT2D eigenvalue weighted by Gasteiger charge is 2.24. The maximum atomic E-state index is 4.34. The van der Waals surface area contributed by atoms with Crippen molar-refractivity contribution in [1.82, 2.24) is 15.5 Å². The van der Waals surface area contributed by atoms with E-state index in [0.29, 0.717) is 6.04 Å². The second kappa shape index (κ2) is 6.14. The summed E-state index contributed by atoms with van der Waals surface area (Å²) in [6.45, 7) is 9.38. The van der Waals surface area contributed by atoms with E-state index in [0.717, 1.165) is 37.1 Å². The second-order valence-corrected chi connectivity index (χ2v) is 5.40. The molecule has 1 N–H and O–H groups in total. The van der Waals surface area contributed by atoms with Crippen LogP contribution in [0.4, 0.5) is 5.82 Å². The summed E-state index contributed by atoms with van der Waals surface area (Å²) in [6.07, 6.45) is 2.75. The minimum Gasteiger partial charge on any atom is -0.355 e. The molecule has 1 aliphatic rings. The molecule has 0 bridgehead atoms. The molecule has 1 aromatic heterocycles. The zero-order valence-electron chi connectivity index (χ0n) is 11.7. The first-order valence-corrected chi connectivity index (χ1v) is 7.00. The van der Waals surface area contributed by atoms with Crippen LogP contribution in [0.5, 0.6) is 0 Å². The predicted octanol–water partition coefficient (Wildman–Crippen LogP) is 2.21. The van der Waals surface area contributed by atoms with E-state index in [1.54, 1.807) is 0 Å². The van der Waals surface area contributed by atoms with Gasteiger partial charge in [0.15, 0.2) is 5.82 Å². The smallest absolute Gasteiger partial charge is 0.151 e. The van der Waals surface area contributed by atoms with Gasteiger partial charge in [-0.3, -0.25) is 0 Å². The first-order valence-electron chi connectivity index (χ1n) is 7.00. The van der Waals surface area contributed by atoms with Gasteiger partial charge >= 0.3 is 0 Å². The standard InChI is InChI=1S/C14H24N4/c1-4-18(10-12-5-6-12)14-8-7-13(16-17-14)9-15-11(2)3/h7-8,11-12,15H,4-6,9-10H2,1-3H3. The molecule has 0 radical (unpaired) electrons. The van der Waals surface area contributed by atoms with Gasteiger partial charge in [0.2, 0.25) is 0 Å². The Kier molecular flexibility index (Phi) is 4.53. The van der Waals surface area contributed by atoms with Crippen LogP contribution in [0.15, 0.2) is 12.1 Å². The lowest BCUT2D eigenvalue weighted by atomic mass is 10.3. The maximum Gasteiger partial charge on any atom is 0.151 e. The van der Waals surface area contributed by atoms with Gasteiger partial charge in [0.05, 0.1) is 5.69 Å². The molecular formula is C14H24N4. The van der Waals surface area contributed by atoms with Gasteiger partial charge in [-0.1, -0.05) is 13.8 Å². The molecule has 4 heteroatoms. The quantitative estimate of drug-likeness (QED) is 0.803. The first-order chi connectivity index (χ1) is 8.69. The largest absolute Gasteiger partial charge is 0.355 e. The zero-order valence-corrected chi connectivity index (χ0v) is 11.7. The molecule has 0 aliphatic heterocycles. The van der Waals surface area contributed by atoms with Crippen molar-refractivity contribution in [2.24, 2.45) is 5.92 Å². The summed E-state index contributed by atoms with van der Waals surface area (Å²) in [4.78, 5) is 2.32. The van der Waals surface area contributed by atoms with Crippen LogP contribution in [0.2, 0.25) is 0 Å². The fourth-order valence-corrected chi connectivity index (χ4v) is 1.92. The molecule has 0 aromatic carbocycles. The van der Waals surface area contributed by atoms with E-state index in [-0.39, 0.29) is 0 Å². The van der Waals surface area contributed by atoms with Crippen molar-refractivity contribution in [3.05, 3.63) is 17.8 Å². The lowest BCUT2D eigenvalue weighted by Crippen LogP contribution is -2.27. The summed E-state index contributed by atoms with van der Waals surface area (Å²) in [6, 6.07) is 4.65. The van der Waals surface area contributed by atoms with Crippen LogP contribution >= 0.6 is 0 Å². The number of anilines is 1. The Labute approximate surface area is 110 Å². The van der Waals surface area contributed by atoms with Crippen molar-refractivity contribution in [2.75, 3.05) is 18.0 Å². The molecule has 1 saturated carbocycles. The molecule has 100 valence electrons. The Hall–Kier alpha value is -1.16. The van der Waals surface area contributed by atoms with Gasteiger partial charge in [0.25, 0.3) is 0 Å². The van der Waals surface area contributed by atoms with Crippen molar-refractivity contribution in [3.63, 3.8) is 0 Å². The van der Waals surface area contributed by atoms with Gasteiger partial charge < -0.3 is 10.2 Å². The fourth-order valence-electron chi connectivity index (χ4n) is 1.92. The van der Waals surface area contributed by atoms with Crippen LogP contribution in [0, 0.1) is 5.92 Å². The molecule has 2 rings (SSSR count). The molecule has 1 heterocycles. The van der Waals surface area contributed by atoms with E-state index in [1.165, 1.54) is 12.8 Å². The molecule has 4 nitrogen and oxygen atoms in total. The molecule has 1 aromatic rings. The lowest BCUT2D eigenvalue weighted by molar-refractivity contribution is 0.577. The summed E-state index contributed by atoms with van der Waals surface area (Å²) in [5.74, 6) is 1.90. The molecular weight excluding hydrogens is 224 g/mol. The molecule has 0 atom stereocenters. The highest BCUT2D eigenvalue weighted by Crippen LogP contribution is 2.30. The average Bonchev–Trinajstić information content (AvgIpc) is 3.18. The van der Waals surface area contributed by atoms with E-state index < -0.39 is 0 Å². The van der Waals surface area contributed by atoms with Gasteiger partial charge in [0, 0.05) is 25.7 Å². The van der Waals surface area contributed by atoms with Gasteiger partial charge in [-0.05, 0) is 37.8 Å². The van der Waals surface area contributed by atoms with Gasteiger partial charge in [-0.15, -0.1) is 5.10 Å². The summed E-state index contributed by atoms with van der Waals surface area (Å²) in [7, 11) is 0. The van der Waals surface area contributed by atoms with E-state index in [1.807, 2.05) is 0 Å². The summed E-state index contributed by atoms with van der Waals surface area (Å²) in [5, 5.41) is 12.0. The molecule has 0 spiro atoms. The summed E-state index contributed by atoms with van der Waals surface area (Å²) in [5.41, 5.74) is 1.01. The molecule has 0 unspecified atom stereocenters. The number of aromatic nitrogens is 2. The van der Waals surface area contributed by atoms with E-state index in [2.05, 4.69) is 53.3 Å². The number of nitrogens with zero attached hydrogens (tertiary/aromatic N) is 3. The SMILES string of the molecule is CCN(CC1CC1)c1ccc(CNC(C)C)nn1. The second-order valence-electron chi connectivity index (χ2n) is 5.40. The molecule has 1 fully saturated rings. The number of nitrogens with one attached hydrogen (secondary N) is 1. The minimum atomic E-state index is 0.480. The molecule has 1 aliphatic carbocycles. The third-order valence-corrected chi connectivity index (χ3v) is 3.28. The van der Waals surface area contributed by atoms with Gasteiger partial charge in [-0.2, -0.15) is 5.10 Å². The Morgan fingerprint density at radius 3 is 2.61 bits per heavy atom. The van der Waals surface area contributed by atoms with Crippen LogP contribution in [-0.4, -0.2) is 29.3 Å². The highest BCUT2D eigenvalue weighted by molar-refractivity contribution is 5.37. The van der Waals surface area contributed by atoms with Crippen LogP contribution in [-0.2, 0) is 6.54 Å². The van der Waals surface area contributed by atoms with E-state index in [9.17, 15) is 0 Å². The number of hydrogen-bond acceptors (Lipinski definition) is 4. The average molecular weight is 248 g/mol. The van der Waals surface area contributed by atoms with Crippen molar-refractivity contribution < 1.29 is 0 Å². The number of rotatable bonds is 7. The van der Waals surface area contributed by atoms with Crippen molar-refractivity contribution in [2.45, 2.75) is 46.2 Å². The highest BCUT2D eigenvalue weighted by atomic mass is 15.3. The Balaban J connectivity index is 1.92. The lowest BCUT2D eigenvalue weighted by Gasteiger charge is -2.21. The van der Waals surface area contributed by atoms with E-state index in [4.69, 9.17) is 0 Å². The third-order valence-electron chi connectivity index (χ3n) is 3.28. The maximum absolute atomic E-state index is 4.34. The first kappa shape index (κ1) is 13.3. The number of hydrogen-bond donors (Lipinski definition) is 1. The Morgan fingerprint density at radius 1 is 1.33 bits per heavy atom. The van der Waals surface area contributed by atoms with Crippen molar-refractivity contribution >= 4 is 5.82 Å². The van der Waals surface area contributed by atoms with Gasteiger partial charge in [-0.25, -0.2) is 0 Å². The third kappa shape index (κ3) is 3.95. The fraction of sp³-hybridized carbons (Fsp3) is 0.714. The Morgan fingerprint density at radius 2 is 2.11 bits per heavy atom. The van der Waals surface area contributed by atoms with Crippen LogP contribution < -0.4 is 10.2 Å². The monoisotopic (exact) mass is 248 g/mol. The minimum absolute atomic E-state index is 0.480. The normalized spacial score (nSPS) is 15.1. The topological polar surface area (TPSA) is 41.0 Å². The van der Waals surface area contributed by atoms with Gasteiger partial charge in [0.1, 0.15) is 0 Å². The Bertz CT molecular complexity index is 357. The van der Waals surface area contributed by atoms with Crippen molar-refractivity contribution in [1.29, 1.82) is 0 Å². The van der Waals surface area contributed by atoms with Crippen LogP contribution in [0.25, 0.3) is 0 Å². The predicted molar refractivity (Wildman–Crippen MR) is 74.6 cm³/mol. The molecule has 18 heavy (non-hydrogen) atoms. The molecule has 0 amide bonds. The summed E-state index contributed by atoms with van der Waals surface area (Å²) < 4.78 is 0. The molecule has 0 saturated heterocycles. The van der Waals surface area contributed by atoms with Crippen LogP contribution in [0.3, 0.4) is 0 Å². The van der Waals surface area contributed by atoms with E-state index >= 15 is 0 Å². The van der Waals surface area contributed by atoms with Crippen molar-refractivity contribution in [3.8, 4) is 0 Å². The van der Waals surface area contributed by atoms with Crippen LogP contribution in [0.1, 0.15) is 39.3 Å². The zero-order chi connectivity index (χ0) is 13.0.